The van der Waals surface area contributed by atoms with Crippen molar-refractivity contribution in [1.29, 1.82) is 0 Å². The van der Waals surface area contributed by atoms with Gasteiger partial charge in [-0.25, -0.2) is 8.93 Å². The van der Waals surface area contributed by atoms with E-state index >= 15 is 0 Å². The molecule has 3 aromatic carbocycles. The van der Waals surface area contributed by atoms with Crippen LogP contribution in [0.4, 0.5) is 24.5 Å². The van der Waals surface area contributed by atoms with Gasteiger partial charge >= 0.3 is 6.36 Å². The molecule has 0 aliphatic carbocycles. The Bertz CT molecular complexity index is 1130. The lowest BCUT2D eigenvalue weighted by Crippen LogP contribution is -2.34. The van der Waals surface area contributed by atoms with Gasteiger partial charge in [0.1, 0.15) is 29.1 Å². The number of halogens is 3. The maximum Gasteiger partial charge on any atom is 0.573 e. The fraction of sp³-hybridized carbons (Fsp3) is 0.308. The normalized spacial score (nSPS) is 14.7. The maximum absolute atomic E-state index is 12.4. The molecule has 1 aliphatic rings. The number of aliphatic hydroxyl groups is 1. The fourth-order valence-corrected chi connectivity index (χ4v) is 5.02. The first kappa shape index (κ1) is 26.0. The smallest absolute Gasteiger partial charge is 0.487 e. The van der Waals surface area contributed by atoms with E-state index in [2.05, 4.69) is 14.4 Å². The van der Waals surface area contributed by atoms with Crippen molar-refractivity contribution in [2.45, 2.75) is 43.2 Å². The molecular weight excluding hydrogens is 493 g/mol. The molecule has 0 bridgehead atoms. The number of benzene rings is 3. The second kappa shape index (κ2) is 11.8. The van der Waals surface area contributed by atoms with E-state index in [0.29, 0.717) is 30.9 Å². The number of hydrogen-bond donors (Lipinski definition) is 2. The highest BCUT2D eigenvalue weighted by Crippen LogP contribution is 2.41. The first-order chi connectivity index (χ1) is 17.4. The fourth-order valence-electron chi connectivity index (χ4n) is 4.14. The molecular formula is C26H27F3N2O4S. The average Bonchev–Trinajstić information content (AvgIpc) is 3.03. The van der Waals surface area contributed by atoms with Gasteiger partial charge in [0.2, 0.25) is 0 Å². The van der Waals surface area contributed by atoms with Crippen molar-refractivity contribution in [2.75, 3.05) is 18.1 Å². The van der Waals surface area contributed by atoms with Crippen molar-refractivity contribution in [2.24, 2.45) is 0 Å². The topological polar surface area (TPSA) is 71.0 Å². The summed E-state index contributed by atoms with van der Waals surface area (Å²) in [6, 6.07) is 20.5. The standard InChI is InChI=1S/C26H27F3N2O4S/c27-26(28,29)35-21-12-14-22(15-13-21)36(33)30-16-6-5-8-20(17-32)31-23-9-2-1-7-19(23)18-34-25-11-4-3-10-24(25)31/h1-4,7,9-15,20,30,32H,5-6,8,16-18H2. The highest BCUT2D eigenvalue weighted by molar-refractivity contribution is 7.83. The zero-order valence-electron chi connectivity index (χ0n) is 19.4. The summed E-state index contributed by atoms with van der Waals surface area (Å²) in [5.74, 6) is 0.399. The van der Waals surface area contributed by atoms with Gasteiger partial charge in [0, 0.05) is 17.8 Å². The van der Waals surface area contributed by atoms with Crippen molar-refractivity contribution < 1.29 is 32.0 Å². The van der Waals surface area contributed by atoms with E-state index in [1.54, 1.807) is 0 Å². The van der Waals surface area contributed by atoms with E-state index in [1.165, 1.54) is 12.1 Å². The van der Waals surface area contributed by atoms with Gasteiger partial charge in [0.05, 0.1) is 23.2 Å². The first-order valence-electron chi connectivity index (χ1n) is 11.6. The summed E-state index contributed by atoms with van der Waals surface area (Å²) < 4.78 is 62.0. The second-order valence-electron chi connectivity index (χ2n) is 8.27. The molecule has 36 heavy (non-hydrogen) atoms. The summed E-state index contributed by atoms with van der Waals surface area (Å²) in [5, 5.41) is 10.3. The van der Waals surface area contributed by atoms with E-state index < -0.39 is 17.3 Å². The van der Waals surface area contributed by atoms with Gasteiger partial charge in [-0.15, -0.1) is 13.2 Å². The molecule has 1 heterocycles. The van der Waals surface area contributed by atoms with Gasteiger partial charge in [0.25, 0.3) is 0 Å². The lowest BCUT2D eigenvalue weighted by molar-refractivity contribution is -0.274. The van der Waals surface area contributed by atoms with Crippen molar-refractivity contribution in [3.8, 4) is 11.5 Å². The minimum Gasteiger partial charge on any atom is -0.487 e. The number of nitrogens with zero attached hydrogens (tertiary/aromatic N) is 1. The Balaban J connectivity index is 1.33. The number of nitrogens with one attached hydrogen (secondary N) is 1. The molecule has 0 amide bonds. The minimum atomic E-state index is -4.77. The average molecular weight is 521 g/mol. The lowest BCUT2D eigenvalue weighted by Gasteiger charge is -2.33. The van der Waals surface area contributed by atoms with Gasteiger partial charge < -0.3 is 19.5 Å². The van der Waals surface area contributed by atoms with Crippen LogP contribution in [-0.4, -0.2) is 34.9 Å². The van der Waals surface area contributed by atoms with Crippen molar-refractivity contribution in [3.05, 3.63) is 78.4 Å². The highest BCUT2D eigenvalue weighted by Gasteiger charge is 2.31. The van der Waals surface area contributed by atoms with E-state index in [9.17, 15) is 22.5 Å². The summed E-state index contributed by atoms with van der Waals surface area (Å²) in [7, 11) is -1.56. The van der Waals surface area contributed by atoms with Crippen molar-refractivity contribution in [3.63, 3.8) is 0 Å². The number of rotatable bonds is 10. The van der Waals surface area contributed by atoms with Gasteiger partial charge in [-0.3, -0.25) is 0 Å². The summed E-state index contributed by atoms with van der Waals surface area (Å²) >= 11 is 0. The van der Waals surface area contributed by atoms with E-state index in [4.69, 9.17) is 4.74 Å². The van der Waals surface area contributed by atoms with Crippen LogP contribution in [0.1, 0.15) is 24.8 Å². The van der Waals surface area contributed by atoms with Crippen LogP contribution in [0.15, 0.2) is 77.7 Å². The molecule has 3 aromatic rings. The van der Waals surface area contributed by atoms with Crippen LogP contribution >= 0.6 is 0 Å². The molecule has 0 spiro atoms. The predicted octanol–water partition coefficient (Wildman–Crippen LogP) is 5.46. The molecule has 2 atom stereocenters. The molecule has 0 saturated heterocycles. The molecule has 2 unspecified atom stereocenters. The van der Waals surface area contributed by atoms with Crippen LogP contribution < -0.4 is 19.1 Å². The Morgan fingerprint density at radius 1 is 1.00 bits per heavy atom. The third kappa shape index (κ3) is 6.57. The Morgan fingerprint density at radius 3 is 2.42 bits per heavy atom. The monoisotopic (exact) mass is 520 g/mol. The number of unbranched alkanes of at least 4 members (excludes halogenated alkanes) is 1. The Morgan fingerprint density at radius 2 is 1.69 bits per heavy atom. The molecule has 2 N–H and O–H groups in total. The molecule has 4 rings (SSSR count). The molecule has 0 radical (unpaired) electrons. The molecule has 10 heteroatoms. The second-order valence-corrected chi connectivity index (χ2v) is 9.57. The van der Waals surface area contributed by atoms with E-state index in [-0.39, 0.29) is 18.4 Å². The number of hydrogen-bond acceptors (Lipinski definition) is 5. The molecule has 0 aromatic heterocycles. The number of anilines is 2. The Hall–Kier alpha value is -3.08. The van der Waals surface area contributed by atoms with Crippen molar-refractivity contribution in [1.82, 2.24) is 4.72 Å². The van der Waals surface area contributed by atoms with Gasteiger partial charge in [-0.05, 0) is 55.3 Å². The summed E-state index contributed by atoms with van der Waals surface area (Å²) in [6.45, 7) is 0.844. The number of para-hydroxylation sites is 3. The van der Waals surface area contributed by atoms with Gasteiger partial charge in [-0.2, -0.15) is 0 Å². The third-order valence-corrected chi connectivity index (χ3v) is 6.97. The molecule has 0 saturated carbocycles. The quantitative estimate of drug-likeness (QED) is 0.348. The predicted molar refractivity (Wildman–Crippen MR) is 132 cm³/mol. The molecule has 6 nitrogen and oxygen atoms in total. The van der Waals surface area contributed by atoms with Crippen LogP contribution in [-0.2, 0) is 17.6 Å². The third-order valence-electron chi connectivity index (χ3n) is 5.80. The van der Waals surface area contributed by atoms with Gasteiger partial charge in [-0.1, -0.05) is 36.8 Å². The lowest BCUT2D eigenvalue weighted by atomic mass is 10.0. The van der Waals surface area contributed by atoms with Gasteiger partial charge in [0.15, 0.2) is 0 Å². The Labute approximate surface area is 210 Å². The molecule has 192 valence electrons. The minimum absolute atomic E-state index is 0.0472. The van der Waals surface area contributed by atoms with Crippen molar-refractivity contribution >= 4 is 22.4 Å². The maximum atomic E-state index is 12.4. The largest absolute Gasteiger partial charge is 0.573 e. The number of fused-ring (bicyclic) bond motifs is 2. The highest BCUT2D eigenvalue weighted by atomic mass is 32.2. The summed E-state index contributed by atoms with van der Waals surface area (Å²) in [5.41, 5.74) is 2.94. The van der Waals surface area contributed by atoms with E-state index in [1.807, 2.05) is 48.5 Å². The number of aliphatic hydroxyl groups excluding tert-OH is 1. The van der Waals surface area contributed by atoms with Crippen LogP contribution in [0.5, 0.6) is 11.5 Å². The van der Waals surface area contributed by atoms with Crippen LogP contribution in [0.25, 0.3) is 0 Å². The first-order valence-corrected chi connectivity index (χ1v) is 12.7. The Kier molecular flexibility index (Phi) is 8.50. The molecule has 1 aliphatic heterocycles. The number of alkyl halides is 3. The zero-order chi connectivity index (χ0) is 25.5. The zero-order valence-corrected chi connectivity index (χ0v) is 20.2. The van der Waals surface area contributed by atoms with Crippen LogP contribution in [0.2, 0.25) is 0 Å². The van der Waals surface area contributed by atoms with Crippen LogP contribution in [0.3, 0.4) is 0 Å². The summed E-state index contributed by atoms with van der Waals surface area (Å²) in [6.07, 6.45) is -2.62. The van der Waals surface area contributed by atoms with Crippen LogP contribution in [0, 0.1) is 0 Å². The SMILES string of the molecule is O=S(NCCCCC(CO)N1c2ccccc2COc2ccccc21)c1ccc(OC(F)(F)F)cc1. The molecule has 0 fully saturated rings. The summed E-state index contributed by atoms with van der Waals surface area (Å²) in [4.78, 5) is 2.49. The van der Waals surface area contributed by atoms with E-state index in [0.717, 1.165) is 41.2 Å². The number of ether oxygens (including phenoxy) is 2.